The van der Waals surface area contributed by atoms with Crippen molar-refractivity contribution in [2.75, 3.05) is 33.3 Å². The van der Waals surface area contributed by atoms with Crippen LogP contribution in [0.3, 0.4) is 0 Å². The van der Waals surface area contributed by atoms with Crippen molar-refractivity contribution in [3.8, 4) is 0 Å². The van der Waals surface area contributed by atoms with Crippen LogP contribution in [0.2, 0.25) is 0 Å². The highest BCUT2D eigenvalue weighted by atomic mass is 16.5. The average Bonchev–Trinajstić information content (AvgIpc) is 3.06. The lowest BCUT2D eigenvalue weighted by molar-refractivity contribution is -0.149. The van der Waals surface area contributed by atoms with Gasteiger partial charge in [0.1, 0.15) is 11.9 Å². The second-order valence-electron chi connectivity index (χ2n) is 6.14. The quantitative estimate of drug-likeness (QED) is 0.855. The van der Waals surface area contributed by atoms with Crippen LogP contribution in [0.1, 0.15) is 37.5 Å². The summed E-state index contributed by atoms with van der Waals surface area (Å²) in [7, 11) is 1.78. The van der Waals surface area contributed by atoms with E-state index in [2.05, 4.69) is 15.2 Å². The first kappa shape index (κ1) is 15.9. The zero-order valence-corrected chi connectivity index (χ0v) is 13.6. The van der Waals surface area contributed by atoms with Crippen molar-refractivity contribution < 1.29 is 14.3 Å². The summed E-state index contributed by atoms with van der Waals surface area (Å²) in [6.45, 7) is 4.11. The molecule has 126 valence electrons. The van der Waals surface area contributed by atoms with E-state index >= 15 is 0 Å². The van der Waals surface area contributed by atoms with Crippen LogP contribution in [0, 0.1) is 5.92 Å². The van der Waals surface area contributed by atoms with Gasteiger partial charge in [-0.05, 0) is 6.42 Å². The molecule has 0 spiro atoms. The lowest BCUT2D eigenvalue weighted by Gasteiger charge is -2.36. The van der Waals surface area contributed by atoms with Crippen LogP contribution in [0.5, 0.6) is 0 Å². The second-order valence-corrected chi connectivity index (χ2v) is 6.14. The summed E-state index contributed by atoms with van der Waals surface area (Å²) >= 11 is 0. The summed E-state index contributed by atoms with van der Waals surface area (Å²) in [5, 5.41) is 7.06. The van der Waals surface area contributed by atoms with E-state index in [0.29, 0.717) is 38.5 Å². The van der Waals surface area contributed by atoms with Gasteiger partial charge in [-0.1, -0.05) is 6.92 Å². The fourth-order valence-electron chi connectivity index (χ4n) is 3.03. The van der Waals surface area contributed by atoms with Crippen LogP contribution in [-0.2, 0) is 20.7 Å². The van der Waals surface area contributed by atoms with Crippen molar-refractivity contribution in [2.24, 2.45) is 5.92 Å². The summed E-state index contributed by atoms with van der Waals surface area (Å²) in [5.74, 6) is 1.29. The van der Waals surface area contributed by atoms with Crippen LogP contribution in [0.15, 0.2) is 0 Å². The van der Waals surface area contributed by atoms with Crippen molar-refractivity contribution in [1.82, 2.24) is 25.0 Å². The maximum Gasteiger partial charge on any atom is 0.226 e. The van der Waals surface area contributed by atoms with Crippen molar-refractivity contribution in [1.29, 1.82) is 0 Å². The van der Waals surface area contributed by atoms with Crippen molar-refractivity contribution >= 4 is 11.8 Å². The first-order chi connectivity index (χ1) is 11.1. The Kier molecular flexibility index (Phi) is 4.61. The number of hydrogen-bond donors (Lipinski definition) is 1. The minimum atomic E-state index is -0.300. The first-order valence-corrected chi connectivity index (χ1v) is 8.14. The third-order valence-corrected chi connectivity index (χ3v) is 4.56. The number of amides is 2. The minimum Gasteiger partial charge on any atom is -0.366 e. The van der Waals surface area contributed by atoms with E-state index < -0.39 is 0 Å². The Bertz CT molecular complexity index is 587. The molecule has 2 saturated heterocycles. The lowest BCUT2D eigenvalue weighted by Crippen LogP contribution is -2.48. The molecule has 0 bridgehead atoms. The van der Waals surface area contributed by atoms with Gasteiger partial charge in [-0.2, -0.15) is 5.10 Å². The van der Waals surface area contributed by atoms with Crippen LogP contribution in [0.25, 0.3) is 0 Å². The van der Waals surface area contributed by atoms with E-state index in [0.717, 1.165) is 18.7 Å². The number of H-pyrrole nitrogens is 1. The van der Waals surface area contributed by atoms with E-state index in [4.69, 9.17) is 4.74 Å². The van der Waals surface area contributed by atoms with E-state index in [1.165, 1.54) is 0 Å². The lowest BCUT2D eigenvalue weighted by atomic mass is 9.94. The summed E-state index contributed by atoms with van der Waals surface area (Å²) in [6, 6.07) is 0. The molecule has 23 heavy (non-hydrogen) atoms. The molecule has 0 aromatic carbocycles. The number of aromatic amines is 1. The van der Waals surface area contributed by atoms with Gasteiger partial charge in [-0.3, -0.25) is 14.7 Å². The van der Waals surface area contributed by atoms with E-state index in [1.54, 1.807) is 16.8 Å². The summed E-state index contributed by atoms with van der Waals surface area (Å²) < 4.78 is 5.71. The Morgan fingerprint density at radius 1 is 1.43 bits per heavy atom. The number of aryl methyl sites for hydroxylation is 1. The molecule has 1 N–H and O–H groups in total. The highest BCUT2D eigenvalue weighted by molar-refractivity contribution is 5.87. The summed E-state index contributed by atoms with van der Waals surface area (Å²) in [4.78, 5) is 32.4. The Morgan fingerprint density at radius 3 is 2.96 bits per heavy atom. The molecular weight excluding hydrogens is 298 g/mol. The number of carbonyl (C=O) groups excluding carboxylic acids is 2. The maximum atomic E-state index is 12.7. The van der Waals surface area contributed by atoms with Crippen LogP contribution < -0.4 is 0 Å². The standard InChI is InChI=1S/C15H23N5O3/c1-3-12-16-14(18-17-12)11-9-20(6-7-23-11)15(22)10-4-5-19(2)13(21)8-10/h10-11H,3-9H2,1-2H3,(H,16,17,18)/t10-,11+/m1/s1. The molecule has 8 nitrogen and oxygen atoms in total. The van der Waals surface area contributed by atoms with Crippen LogP contribution in [-0.4, -0.2) is 70.1 Å². The number of likely N-dealkylation sites (tertiary alicyclic amines) is 1. The molecule has 2 atom stereocenters. The number of hydrogen-bond acceptors (Lipinski definition) is 5. The first-order valence-electron chi connectivity index (χ1n) is 8.14. The van der Waals surface area contributed by atoms with Gasteiger partial charge in [-0.25, -0.2) is 4.98 Å². The van der Waals surface area contributed by atoms with Gasteiger partial charge in [-0.15, -0.1) is 0 Å². The average molecular weight is 321 g/mol. The number of nitrogens with one attached hydrogen (secondary N) is 1. The van der Waals surface area contributed by atoms with E-state index in [1.807, 2.05) is 6.92 Å². The fourth-order valence-corrected chi connectivity index (χ4v) is 3.03. The van der Waals surface area contributed by atoms with Crippen LogP contribution in [0.4, 0.5) is 0 Å². The van der Waals surface area contributed by atoms with Gasteiger partial charge in [0.25, 0.3) is 0 Å². The fraction of sp³-hybridized carbons (Fsp3) is 0.733. The zero-order chi connectivity index (χ0) is 16.4. The summed E-state index contributed by atoms with van der Waals surface area (Å²) in [6.07, 6.45) is 1.51. The van der Waals surface area contributed by atoms with Crippen molar-refractivity contribution in [2.45, 2.75) is 32.3 Å². The van der Waals surface area contributed by atoms with Gasteiger partial charge in [0, 0.05) is 38.9 Å². The SMILES string of the molecule is CCc1nc([C@@H]2CN(C(=O)[C@@H]3CCN(C)C(=O)C3)CCO2)n[nH]1. The second kappa shape index (κ2) is 6.66. The summed E-state index contributed by atoms with van der Waals surface area (Å²) in [5.41, 5.74) is 0. The number of piperidine rings is 1. The Balaban J connectivity index is 1.63. The topological polar surface area (TPSA) is 91.4 Å². The zero-order valence-electron chi connectivity index (χ0n) is 13.6. The molecule has 1 aromatic rings. The molecule has 2 aliphatic rings. The van der Waals surface area contributed by atoms with Gasteiger partial charge >= 0.3 is 0 Å². The number of carbonyl (C=O) groups is 2. The number of ether oxygens (including phenoxy) is 1. The number of rotatable bonds is 3. The molecular formula is C15H23N5O3. The largest absolute Gasteiger partial charge is 0.366 e. The Morgan fingerprint density at radius 2 is 2.26 bits per heavy atom. The van der Waals surface area contributed by atoms with E-state index in [-0.39, 0.29) is 23.8 Å². The third kappa shape index (κ3) is 3.36. The molecule has 8 heteroatoms. The predicted octanol–water partition coefficient (Wildman–Crippen LogP) is 0.135. The molecule has 2 fully saturated rings. The molecule has 2 amide bonds. The third-order valence-electron chi connectivity index (χ3n) is 4.56. The van der Waals surface area contributed by atoms with Gasteiger partial charge in [0.2, 0.25) is 11.8 Å². The number of aromatic nitrogens is 3. The minimum absolute atomic E-state index is 0.0426. The normalized spacial score (nSPS) is 25.7. The van der Waals surface area contributed by atoms with Gasteiger partial charge < -0.3 is 14.5 Å². The highest BCUT2D eigenvalue weighted by Gasteiger charge is 2.35. The molecule has 0 unspecified atom stereocenters. The molecule has 0 radical (unpaired) electrons. The smallest absolute Gasteiger partial charge is 0.226 e. The maximum absolute atomic E-state index is 12.7. The van der Waals surface area contributed by atoms with Gasteiger partial charge in [0.05, 0.1) is 13.2 Å². The molecule has 3 rings (SSSR count). The Hall–Kier alpha value is -1.96. The van der Waals surface area contributed by atoms with Gasteiger partial charge in [0.15, 0.2) is 5.82 Å². The Labute approximate surface area is 135 Å². The molecule has 0 aliphatic carbocycles. The number of morpholine rings is 1. The van der Waals surface area contributed by atoms with Crippen LogP contribution >= 0.6 is 0 Å². The molecule has 0 saturated carbocycles. The van der Waals surface area contributed by atoms with Crippen molar-refractivity contribution in [3.63, 3.8) is 0 Å². The predicted molar refractivity (Wildman–Crippen MR) is 81.4 cm³/mol. The molecule has 2 aliphatic heterocycles. The monoisotopic (exact) mass is 321 g/mol. The number of nitrogens with zero attached hydrogens (tertiary/aromatic N) is 4. The highest BCUT2D eigenvalue weighted by Crippen LogP contribution is 2.24. The van der Waals surface area contributed by atoms with Crippen molar-refractivity contribution in [3.05, 3.63) is 11.6 Å². The molecule has 1 aromatic heterocycles. The van der Waals surface area contributed by atoms with E-state index in [9.17, 15) is 9.59 Å². The molecule has 3 heterocycles.